The summed E-state index contributed by atoms with van der Waals surface area (Å²) in [5, 5.41) is 0. The summed E-state index contributed by atoms with van der Waals surface area (Å²) in [6.45, 7) is 11.8. The van der Waals surface area contributed by atoms with Crippen LogP contribution in [-0.4, -0.2) is 91.1 Å². The lowest BCUT2D eigenvalue weighted by atomic mass is 9.82. The normalized spacial score (nSPS) is 27.6. The molecule has 0 aromatic rings. The maximum Gasteiger partial charge on any atom is 0.319 e. The second-order valence-electron chi connectivity index (χ2n) is 8.00. The molecule has 1 saturated carbocycles. The highest BCUT2D eigenvalue weighted by molar-refractivity contribution is 5.73. The standard InChI is InChI=1S/C17H32N4O.C2H6/c1-14-11-21(12-15-5-6-15)17(13-19(14)4)7-9-20(10-8-17)16(22)18(2)3;1-2/h14-15H,5-13H2,1-4H3;1-2H3. The summed E-state index contributed by atoms with van der Waals surface area (Å²) in [5.74, 6) is 0.939. The third-order valence-electron chi connectivity index (χ3n) is 5.97. The molecule has 3 aliphatic rings. The van der Waals surface area contributed by atoms with Gasteiger partial charge in [-0.2, -0.15) is 0 Å². The molecule has 1 aliphatic carbocycles. The van der Waals surface area contributed by atoms with E-state index in [9.17, 15) is 4.79 Å². The molecule has 2 heterocycles. The van der Waals surface area contributed by atoms with Gasteiger partial charge in [0.2, 0.25) is 0 Å². The second kappa shape index (κ2) is 8.05. The molecule has 0 aromatic heterocycles. The van der Waals surface area contributed by atoms with Gasteiger partial charge in [0, 0.05) is 58.4 Å². The first-order valence-corrected chi connectivity index (χ1v) is 9.83. The minimum atomic E-state index is 0.168. The molecule has 2 saturated heterocycles. The molecule has 1 atom stereocenters. The Bertz CT molecular complexity index is 414. The van der Waals surface area contributed by atoms with Crippen molar-refractivity contribution in [3.63, 3.8) is 0 Å². The molecule has 0 radical (unpaired) electrons. The highest BCUT2D eigenvalue weighted by atomic mass is 16.2. The predicted octanol–water partition coefficient (Wildman–Crippen LogP) is 2.57. The lowest BCUT2D eigenvalue weighted by molar-refractivity contribution is -0.0530. The zero-order valence-electron chi connectivity index (χ0n) is 16.7. The van der Waals surface area contributed by atoms with Crippen molar-refractivity contribution >= 4 is 6.03 Å². The van der Waals surface area contributed by atoms with Gasteiger partial charge >= 0.3 is 6.03 Å². The van der Waals surface area contributed by atoms with Gasteiger partial charge in [-0.3, -0.25) is 4.90 Å². The summed E-state index contributed by atoms with van der Waals surface area (Å²) in [5.41, 5.74) is 0.299. The Labute approximate surface area is 148 Å². The number of piperazine rings is 1. The first-order valence-electron chi connectivity index (χ1n) is 9.83. The Balaban J connectivity index is 0.00000100. The number of likely N-dealkylation sites (tertiary alicyclic amines) is 1. The third kappa shape index (κ3) is 4.23. The summed E-state index contributed by atoms with van der Waals surface area (Å²) < 4.78 is 0. The fourth-order valence-electron chi connectivity index (χ4n) is 4.12. The lowest BCUT2D eigenvalue weighted by Crippen LogP contribution is -2.67. The van der Waals surface area contributed by atoms with Crippen LogP contribution in [0.5, 0.6) is 0 Å². The van der Waals surface area contributed by atoms with Crippen molar-refractivity contribution in [2.75, 3.05) is 53.9 Å². The average Bonchev–Trinajstić information content (AvgIpc) is 3.39. The van der Waals surface area contributed by atoms with Crippen LogP contribution in [0.3, 0.4) is 0 Å². The van der Waals surface area contributed by atoms with E-state index >= 15 is 0 Å². The van der Waals surface area contributed by atoms with Gasteiger partial charge in [-0.05, 0) is 45.6 Å². The van der Waals surface area contributed by atoms with E-state index in [1.54, 1.807) is 4.90 Å². The van der Waals surface area contributed by atoms with E-state index in [2.05, 4.69) is 23.8 Å². The molecule has 5 heteroatoms. The summed E-state index contributed by atoms with van der Waals surface area (Å²) in [6, 6.07) is 0.812. The fraction of sp³-hybridized carbons (Fsp3) is 0.947. The van der Waals surface area contributed by atoms with Crippen molar-refractivity contribution in [2.24, 2.45) is 5.92 Å². The maximum absolute atomic E-state index is 12.2. The minimum absolute atomic E-state index is 0.168. The number of carbonyl (C=O) groups excluding carboxylic acids is 1. The molecule has 3 rings (SSSR count). The van der Waals surface area contributed by atoms with Crippen LogP contribution in [0.15, 0.2) is 0 Å². The van der Waals surface area contributed by atoms with E-state index in [1.807, 2.05) is 32.8 Å². The average molecular weight is 339 g/mol. The number of likely N-dealkylation sites (N-methyl/N-ethyl adjacent to an activating group) is 1. The van der Waals surface area contributed by atoms with E-state index in [0.29, 0.717) is 11.6 Å². The van der Waals surface area contributed by atoms with Crippen molar-refractivity contribution in [3.8, 4) is 0 Å². The molecule has 5 nitrogen and oxygen atoms in total. The van der Waals surface area contributed by atoms with Gasteiger partial charge in [0.15, 0.2) is 0 Å². The number of hydrogen-bond donors (Lipinski definition) is 0. The third-order valence-corrected chi connectivity index (χ3v) is 5.97. The Morgan fingerprint density at radius 2 is 1.75 bits per heavy atom. The number of nitrogens with zero attached hydrogens (tertiary/aromatic N) is 4. The number of carbonyl (C=O) groups is 1. The Kier molecular flexibility index (Phi) is 6.54. The molecule has 1 unspecified atom stereocenters. The van der Waals surface area contributed by atoms with Crippen molar-refractivity contribution in [3.05, 3.63) is 0 Å². The van der Waals surface area contributed by atoms with Crippen LogP contribution in [0.4, 0.5) is 4.79 Å². The maximum atomic E-state index is 12.2. The first kappa shape index (κ1) is 19.5. The van der Waals surface area contributed by atoms with E-state index in [1.165, 1.54) is 25.9 Å². The molecule has 0 N–H and O–H groups in total. The van der Waals surface area contributed by atoms with Crippen LogP contribution >= 0.6 is 0 Å². The number of piperidine rings is 1. The number of urea groups is 1. The van der Waals surface area contributed by atoms with Gasteiger partial charge in [-0.15, -0.1) is 0 Å². The monoisotopic (exact) mass is 338 g/mol. The number of hydrogen-bond acceptors (Lipinski definition) is 3. The lowest BCUT2D eigenvalue weighted by Gasteiger charge is -2.56. The largest absolute Gasteiger partial charge is 0.331 e. The highest BCUT2D eigenvalue weighted by Crippen LogP contribution is 2.38. The molecular weight excluding hydrogens is 300 g/mol. The van der Waals surface area contributed by atoms with Gasteiger partial charge in [0.1, 0.15) is 0 Å². The molecule has 24 heavy (non-hydrogen) atoms. The van der Waals surface area contributed by atoms with Gasteiger partial charge in [-0.25, -0.2) is 4.79 Å². The van der Waals surface area contributed by atoms with Crippen LogP contribution in [0.1, 0.15) is 46.5 Å². The van der Waals surface area contributed by atoms with E-state index in [4.69, 9.17) is 0 Å². The van der Waals surface area contributed by atoms with E-state index < -0.39 is 0 Å². The van der Waals surface area contributed by atoms with Gasteiger partial charge < -0.3 is 14.7 Å². The minimum Gasteiger partial charge on any atom is -0.331 e. The Morgan fingerprint density at radius 1 is 1.17 bits per heavy atom. The van der Waals surface area contributed by atoms with E-state index in [0.717, 1.165) is 38.4 Å². The molecule has 1 spiro atoms. The summed E-state index contributed by atoms with van der Waals surface area (Å²) >= 11 is 0. The van der Waals surface area contributed by atoms with Crippen molar-refractivity contribution in [1.29, 1.82) is 0 Å². The van der Waals surface area contributed by atoms with Crippen LogP contribution in [0.25, 0.3) is 0 Å². The van der Waals surface area contributed by atoms with Gasteiger partial charge in [0.25, 0.3) is 0 Å². The van der Waals surface area contributed by atoms with Crippen LogP contribution < -0.4 is 0 Å². The van der Waals surface area contributed by atoms with Crippen molar-refractivity contribution in [1.82, 2.24) is 19.6 Å². The molecular formula is C19H38N4O. The molecule has 2 aliphatic heterocycles. The summed E-state index contributed by atoms with van der Waals surface area (Å²) in [6.07, 6.45) is 5.08. The topological polar surface area (TPSA) is 30.0 Å². The fourth-order valence-corrected chi connectivity index (χ4v) is 4.12. The van der Waals surface area contributed by atoms with Crippen LogP contribution in [0.2, 0.25) is 0 Å². The van der Waals surface area contributed by atoms with Crippen LogP contribution in [-0.2, 0) is 0 Å². The molecule has 0 aromatic carbocycles. The second-order valence-corrected chi connectivity index (χ2v) is 8.00. The highest BCUT2D eigenvalue weighted by Gasteiger charge is 2.46. The molecule has 0 bridgehead atoms. The number of rotatable bonds is 2. The quantitative estimate of drug-likeness (QED) is 0.775. The van der Waals surface area contributed by atoms with Crippen molar-refractivity contribution in [2.45, 2.75) is 58.0 Å². The SMILES string of the molecule is CC.CC1CN(CC2CC2)C2(CCN(C(=O)N(C)C)CC2)CN1C. The van der Waals surface area contributed by atoms with Crippen LogP contribution in [0, 0.1) is 5.92 Å². The predicted molar refractivity (Wildman–Crippen MR) is 100 cm³/mol. The van der Waals surface area contributed by atoms with Gasteiger partial charge in [-0.1, -0.05) is 13.8 Å². The molecule has 140 valence electrons. The summed E-state index contributed by atoms with van der Waals surface area (Å²) in [7, 11) is 5.96. The van der Waals surface area contributed by atoms with Crippen molar-refractivity contribution < 1.29 is 4.79 Å². The first-order chi connectivity index (χ1) is 11.4. The Morgan fingerprint density at radius 3 is 2.25 bits per heavy atom. The Hall–Kier alpha value is -0.810. The zero-order chi connectivity index (χ0) is 17.9. The molecule has 2 amide bonds. The number of amides is 2. The summed E-state index contributed by atoms with van der Waals surface area (Å²) in [4.78, 5) is 21.2. The smallest absolute Gasteiger partial charge is 0.319 e. The zero-order valence-corrected chi connectivity index (χ0v) is 16.7. The molecule has 3 fully saturated rings. The van der Waals surface area contributed by atoms with E-state index in [-0.39, 0.29) is 6.03 Å². The van der Waals surface area contributed by atoms with Gasteiger partial charge in [0.05, 0.1) is 0 Å².